The maximum absolute atomic E-state index is 11.5. The van der Waals surface area contributed by atoms with E-state index in [9.17, 15) is 13.2 Å². The minimum absolute atomic E-state index is 0.0169. The minimum Gasteiger partial charge on any atom is -0.476 e. The standard InChI is InChI=1S/C11H8ClNO5S/c1-19(16,17)8-3-6(2-7(12)4-8)10-5-9(11(14)15)13-18-10/h2-5H,1H3,(H,14,15). The molecule has 0 fully saturated rings. The lowest BCUT2D eigenvalue weighted by Gasteiger charge is -2.02. The molecule has 0 amide bonds. The minimum atomic E-state index is -3.43. The van der Waals surface area contributed by atoms with E-state index in [4.69, 9.17) is 21.2 Å². The van der Waals surface area contributed by atoms with Crippen LogP contribution in [0.2, 0.25) is 5.02 Å². The number of hydrogen-bond acceptors (Lipinski definition) is 5. The molecule has 19 heavy (non-hydrogen) atoms. The van der Waals surface area contributed by atoms with Gasteiger partial charge in [-0.3, -0.25) is 0 Å². The van der Waals surface area contributed by atoms with Crippen LogP contribution < -0.4 is 0 Å². The lowest BCUT2D eigenvalue weighted by molar-refractivity contribution is 0.0686. The van der Waals surface area contributed by atoms with Crippen molar-refractivity contribution in [2.45, 2.75) is 4.90 Å². The molecule has 6 nitrogen and oxygen atoms in total. The first-order valence-corrected chi connectivity index (χ1v) is 7.25. The summed E-state index contributed by atoms with van der Waals surface area (Å²) in [5.41, 5.74) is 0.0730. The molecule has 1 aromatic carbocycles. The number of rotatable bonds is 3. The van der Waals surface area contributed by atoms with E-state index in [1.807, 2.05) is 0 Å². The largest absolute Gasteiger partial charge is 0.476 e. The SMILES string of the molecule is CS(=O)(=O)c1cc(Cl)cc(-c2cc(C(=O)O)no2)c1. The molecule has 2 aromatic rings. The van der Waals surface area contributed by atoms with E-state index in [0.717, 1.165) is 6.26 Å². The molecule has 0 aliphatic heterocycles. The number of carboxylic acid groups (broad SMARTS) is 1. The highest BCUT2D eigenvalue weighted by Gasteiger charge is 2.15. The summed E-state index contributed by atoms with van der Waals surface area (Å²) in [6.07, 6.45) is 1.05. The number of nitrogens with zero attached hydrogens (tertiary/aromatic N) is 1. The summed E-state index contributed by atoms with van der Waals surface area (Å²) in [4.78, 5) is 10.7. The molecule has 0 saturated carbocycles. The Labute approximate surface area is 113 Å². The maximum Gasteiger partial charge on any atom is 0.358 e. The van der Waals surface area contributed by atoms with Crippen molar-refractivity contribution in [3.8, 4) is 11.3 Å². The highest BCUT2D eigenvalue weighted by Crippen LogP contribution is 2.27. The molecule has 0 radical (unpaired) electrons. The predicted octanol–water partition coefficient (Wildman–Crippen LogP) is 2.10. The van der Waals surface area contributed by atoms with Crippen LogP contribution in [0.4, 0.5) is 0 Å². The molecule has 1 heterocycles. The quantitative estimate of drug-likeness (QED) is 0.932. The Bertz CT molecular complexity index is 750. The highest BCUT2D eigenvalue weighted by atomic mass is 35.5. The summed E-state index contributed by atoms with van der Waals surface area (Å²) in [5.74, 6) is -1.11. The third-order valence-corrected chi connectivity index (χ3v) is 3.62. The van der Waals surface area contributed by atoms with Crippen LogP contribution in [-0.2, 0) is 9.84 Å². The van der Waals surface area contributed by atoms with E-state index in [0.29, 0.717) is 5.56 Å². The van der Waals surface area contributed by atoms with Gasteiger partial charge in [0.15, 0.2) is 21.3 Å². The highest BCUT2D eigenvalue weighted by molar-refractivity contribution is 7.90. The van der Waals surface area contributed by atoms with Gasteiger partial charge in [0.25, 0.3) is 0 Å². The lowest BCUT2D eigenvalue weighted by atomic mass is 10.1. The van der Waals surface area contributed by atoms with E-state index in [1.165, 1.54) is 24.3 Å². The van der Waals surface area contributed by atoms with Crippen molar-refractivity contribution in [1.29, 1.82) is 0 Å². The summed E-state index contributed by atoms with van der Waals surface area (Å²) in [6.45, 7) is 0. The fraction of sp³-hybridized carbons (Fsp3) is 0.0909. The number of hydrogen-bond donors (Lipinski definition) is 1. The number of benzene rings is 1. The first kappa shape index (κ1) is 13.6. The van der Waals surface area contributed by atoms with Crippen LogP contribution in [0, 0.1) is 0 Å². The molecule has 8 heteroatoms. The number of carboxylic acids is 1. The molecule has 2 rings (SSSR count). The van der Waals surface area contributed by atoms with Gasteiger partial charge < -0.3 is 9.63 Å². The van der Waals surface area contributed by atoms with E-state index < -0.39 is 15.8 Å². The maximum atomic E-state index is 11.5. The fourth-order valence-corrected chi connectivity index (χ4v) is 2.41. The Kier molecular flexibility index (Phi) is 3.34. The van der Waals surface area contributed by atoms with Crippen molar-refractivity contribution >= 4 is 27.4 Å². The third kappa shape index (κ3) is 2.94. The van der Waals surface area contributed by atoms with Gasteiger partial charge in [-0.1, -0.05) is 16.8 Å². The predicted molar refractivity (Wildman–Crippen MR) is 67.0 cm³/mol. The molecule has 0 unspecified atom stereocenters. The first-order chi connectivity index (χ1) is 8.77. The summed E-state index contributed by atoms with van der Waals surface area (Å²) in [5, 5.41) is 12.3. The van der Waals surface area contributed by atoms with Crippen molar-refractivity contribution < 1.29 is 22.8 Å². The van der Waals surface area contributed by atoms with Gasteiger partial charge in [0.1, 0.15) is 0 Å². The van der Waals surface area contributed by atoms with Crippen LogP contribution in [-0.4, -0.2) is 30.9 Å². The smallest absolute Gasteiger partial charge is 0.358 e. The van der Waals surface area contributed by atoms with Crippen molar-refractivity contribution in [1.82, 2.24) is 5.16 Å². The van der Waals surface area contributed by atoms with Gasteiger partial charge in [0.2, 0.25) is 0 Å². The zero-order valence-electron chi connectivity index (χ0n) is 9.62. The van der Waals surface area contributed by atoms with Crippen molar-refractivity contribution in [3.05, 3.63) is 35.0 Å². The molecule has 0 saturated heterocycles. The Morgan fingerprint density at radius 2 is 2.00 bits per heavy atom. The van der Waals surface area contributed by atoms with E-state index in [1.54, 1.807) is 0 Å². The topological polar surface area (TPSA) is 97.5 Å². The summed E-state index contributed by atoms with van der Waals surface area (Å²) in [6, 6.07) is 5.30. The van der Waals surface area contributed by atoms with Gasteiger partial charge in [-0.2, -0.15) is 0 Å². The van der Waals surface area contributed by atoms with E-state index >= 15 is 0 Å². The normalized spacial score (nSPS) is 11.5. The van der Waals surface area contributed by atoms with Gasteiger partial charge in [-0.15, -0.1) is 0 Å². The second-order valence-corrected chi connectivity index (χ2v) is 6.28. The number of carbonyl (C=O) groups is 1. The second-order valence-electron chi connectivity index (χ2n) is 3.83. The van der Waals surface area contributed by atoms with Crippen LogP contribution in [0.25, 0.3) is 11.3 Å². The van der Waals surface area contributed by atoms with Gasteiger partial charge in [0.05, 0.1) is 4.90 Å². The Morgan fingerprint density at radius 3 is 2.53 bits per heavy atom. The molecule has 0 spiro atoms. The molecule has 100 valence electrons. The third-order valence-electron chi connectivity index (χ3n) is 2.31. The molecular formula is C11H8ClNO5S. The van der Waals surface area contributed by atoms with Crippen molar-refractivity contribution in [2.24, 2.45) is 0 Å². The average Bonchev–Trinajstić information content (AvgIpc) is 2.76. The van der Waals surface area contributed by atoms with E-state index in [2.05, 4.69) is 5.16 Å². The summed E-state index contributed by atoms with van der Waals surface area (Å²) >= 11 is 5.83. The van der Waals surface area contributed by atoms with Gasteiger partial charge in [-0.05, 0) is 18.2 Å². The first-order valence-electron chi connectivity index (χ1n) is 4.98. The van der Waals surface area contributed by atoms with Gasteiger partial charge >= 0.3 is 5.97 Å². The lowest BCUT2D eigenvalue weighted by Crippen LogP contribution is -1.97. The fourth-order valence-electron chi connectivity index (χ4n) is 1.43. The Hall–Kier alpha value is -1.86. The summed E-state index contributed by atoms with van der Waals surface area (Å²) < 4.78 is 27.8. The zero-order chi connectivity index (χ0) is 14.2. The Balaban J connectivity index is 2.56. The monoisotopic (exact) mass is 301 g/mol. The second kappa shape index (κ2) is 4.67. The van der Waals surface area contributed by atoms with Gasteiger partial charge in [-0.25, -0.2) is 13.2 Å². The molecule has 0 aliphatic carbocycles. The molecule has 1 N–H and O–H groups in total. The van der Waals surface area contributed by atoms with E-state index in [-0.39, 0.29) is 21.4 Å². The van der Waals surface area contributed by atoms with Crippen LogP contribution in [0.5, 0.6) is 0 Å². The van der Waals surface area contributed by atoms with Crippen molar-refractivity contribution in [2.75, 3.05) is 6.26 Å². The zero-order valence-corrected chi connectivity index (χ0v) is 11.2. The number of sulfone groups is 1. The number of halogens is 1. The van der Waals surface area contributed by atoms with Crippen LogP contribution in [0.15, 0.2) is 33.7 Å². The number of aromatic nitrogens is 1. The van der Waals surface area contributed by atoms with Crippen molar-refractivity contribution in [3.63, 3.8) is 0 Å². The van der Waals surface area contributed by atoms with Crippen LogP contribution >= 0.6 is 11.6 Å². The average molecular weight is 302 g/mol. The number of aromatic carboxylic acids is 1. The Morgan fingerprint density at radius 1 is 1.32 bits per heavy atom. The molecule has 0 atom stereocenters. The van der Waals surface area contributed by atoms with Crippen LogP contribution in [0.3, 0.4) is 0 Å². The summed E-state index contributed by atoms with van der Waals surface area (Å²) in [7, 11) is -3.43. The van der Waals surface area contributed by atoms with Gasteiger partial charge in [0, 0.05) is 22.9 Å². The molecule has 0 aliphatic rings. The molecule has 0 bridgehead atoms. The van der Waals surface area contributed by atoms with Crippen LogP contribution in [0.1, 0.15) is 10.5 Å². The molecular weight excluding hydrogens is 294 g/mol. The molecule has 1 aromatic heterocycles.